The summed E-state index contributed by atoms with van der Waals surface area (Å²) in [5.41, 5.74) is -0.586. The van der Waals surface area contributed by atoms with Crippen LogP contribution >= 0.6 is 15.9 Å². The van der Waals surface area contributed by atoms with E-state index in [-0.39, 0.29) is 11.4 Å². The third-order valence-corrected chi connectivity index (χ3v) is 2.38. The lowest BCUT2D eigenvalue weighted by atomic mass is 10.3. The Morgan fingerprint density at radius 1 is 1.53 bits per heavy atom. The highest BCUT2D eigenvalue weighted by Gasteiger charge is 2.26. The minimum atomic E-state index is -0.654. The predicted octanol–water partition coefficient (Wildman–Crippen LogP) is 0.976. The van der Waals surface area contributed by atoms with Crippen molar-refractivity contribution in [2.24, 2.45) is 7.05 Å². The minimum Gasteiger partial charge on any atom is -0.268 e. The Balaban J connectivity index is 2.47. The summed E-state index contributed by atoms with van der Waals surface area (Å²) in [5, 5.41) is 18.3. The van der Waals surface area contributed by atoms with Crippen LogP contribution in [0.3, 0.4) is 0 Å². The van der Waals surface area contributed by atoms with Crippen LogP contribution in [0.15, 0.2) is 23.1 Å². The highest BCUT2D eigenvalue weighted by molar-refractivity contribution is 9.10. The van der Waals surface area contributed by atoms with Crippen LogP contribution in [0.25, 0.3) is 0 Å². The third-order valence-electron chi connectivity index (χ3n) is 1.97. The van der Waals surface area contributed by atoms with Crippen molar-refractivity contribution in [3.63, 3.8) is 0 Å². The first kappa shape index (κ1) is 11.5. The molecule has 0 N–H and O–H groups in total. The average Bonchev–Trinajstić information content (AvgIpc) is 2.83. The molecule has 0 fully saturated rings. The van der Waals surface area contributed by atoms with E-state index in [0.29, 0.717) is 4.47 Å². The zero-order valence-corrected chi connectivity index (χ0v) is 10.2. The number of carbonyl (C=O) groups is 1. The van der Waals surface area contributed by atoms with Gasteiger partial charge < -0.3 is 0 Å². The van der Waals surface area contributed by atoms with E-state index < -0.39 is 10.8 Å². The monoisotopic (exact) mass is 299 g/mol. The highest BCUT2D eigenvalue weighted by atomic mass is 79.9. The lowest BCUT2D eigenvalue weighted by molar-refractivity contribution is -0.385. The molecule has 88 valence electrons. The normalized spacial score (nSPS) is 10.5. The molecule has 8 nitrogen and oxygen atoms in total. The van der Waals surface area contributed by atoms with E-state index in [1.807, 2.05) is 0 Å². The molecule has 2 aromatic heterocycles. The van der Waals surface area contributed by atoms with Crippen LogP contribution in [0.4, 0.5) is 5.69 Å². The molecule has 2 heterocycles. The van der Waals surface area contributed by atoms with Gasteiger partial charge in [0.15, 0.2) is 0 Å². The van der Waals surface area contributed by atoms with E-state index in [1.54, 1.807) is 0 Å². The Hall–Kier alpha value is -2.03. The van der Waals surface area contributed by atoms with Crippen molar-refractivity contribution >= 4 is 27.5 Å². The zero-order chi connectivity index (χ0) is 12.6. The summed E-state index contributed by atoms with van der Waals surface area (Å²) in [6.45, 7) is 0. The van der Waals surface area contributed by atoms with E-state index in [0.717, 1.165) is 4.68 Å². The van der Waals surface area contributed by atoms with Crippen LogP contribution in [-0.4, -0.2) is 30.4 Å². The van der Waals surface area contributed by atoms with Gasteiger partial charge in [0.2, 0.25) is 5.69 Å². The SMILES string of the molecule is Cn1cc([N+](=O)[O-])c(C(=O)n2cc(Br)cn2)n1. The van der Waals surface area contributed by atoms with E-state index in [2.05, 4.69) is 26.1 Å². The number of halogens is 1. The predicted molar refractivity (Wildman–Crippen MR) is 59.5 cm³/mol. The lowest BCUT2D eigenvalue weighted by Crippen LogP contribution is -2.14. The van der Waals surface area contributed by atoms with Gasteiger partial charge in [-0.05, 0) is 15.9 Å². The van der Waals surface area contributed by atoms with Crippen LogP contribution in [-0.2, 0) is 7.05 Å². The molecule has 0 unspecified atom stereocenters. The zero-order valence-electron chi connectivity index (χ0n) is 8.57. The molecule has 0 aliphatic heterocycles. The summed E-state index contributed by atoms with van der Waals surface area (Å²) in [5.74, 6) is -0.650. The van der Waals surface area contributed by atoms with Crippen molar-refractivity contribution in [2.75, 3.05) is 0 Å². The largest absolute Gasteiger partial charge is 0.320 e. The van der Waals surface area contributed by atoms with Crippen LogP contribution in [0.2, 0.25) is 0 Å². The molecule has 0 saturated heterocycles. The van der Waals surface area contributed by atoms with Gasteiger partial charge in [-0.2, -0.15) is 10.2 Å². The summed E-state index contributed by atoms with van der Waals surface area (Å²) in [6, 6.07) is 0. The molecule has 17 heavy (non-hydrogen) atoms. The average molecular weight is 300 g/mol. The fourth-order valence-corrected chi connectivity index (χ4v) is 1.57. The molecule has 0 amide bonds. The van der Waals surface area contributed by atoms with Gasteiger partial charge >= 0.3 is 11.6 Å². The number of carbonyl (C=O) groups excluding carboxylic acids is 1. The maximum Gasteiger partial charge on any atom is 0.320 e. The van der Waals surface area contributed by atoms with Gasteiger partial charge in [0.25, 0.3) is 0 Å². The molecular weight excluding hydrogens is 294 g/mol. The molecule has 0 bridgehead atoms. The minimum absolute atomic E-state index is 0.242. The maximum absolute atomic E-state index is 11.9. The number of hydrogen-bond donors (Lipinski definition) is 0. The molecule has 0 aliphatic rings. The number of aromatic nitrogens is 4. The van der Waals surface area contributed by atoms with Crippen LogP contribution in [0.1, 0.15) is 10.5 Å². The Morgan fingerprint density at radius 2 is 2.24 bits per heavy atom. The van der Waals surface area contributed by atoms with Gasteiger partial charge in [-0.1, -0.05) is 0 Å². The smallest absolute Gasteiger partial charge is 0.268 e. The highest BCUT2D eigenvalue weighted by Crippen LogP contribution is 2.17. The first-order valence-corrected chi connectivity index (χ1v) is 5.21. The first-order valence-electron chi connectivity index (χ1n) is 4.42. The van der Waals surface area contributed by atoms with Gasteiger partial charge in [0.1, 0.15) is 6.20 Å². The molecule has 2 rings (SSSR count). The third kappa shape index (κ3) is 2.09. The van der Waals surface area contributed by atoms with Gasteiger partial charge in [0, 0.05) is 13.2 Å². The van der Waals surface area contributed by atoms with Crippen molar-refractivity contribution < 1.29 is 9.72 Å². The molecule has 2 aromatic rings. The topological polar surface area (TPSA) is 95.8 Å². The molecule has 0 saturated carbocycles. The van der Waals surface area contributed by atoms with Crippen molar-refractivity contribution in [3.05, 3.63) is 38.9 Å². The second-order valence-corrected chi connectivity index (χ2v) is 4.12. The molecule has 0 atom stereocenters. The summed E-state index contributed by atoms with van der Waals surface area (Å²) in [6.07, 6.45) is 3.99. The molecule has 0 aliphatic carbocycles. The van der Waals surface area contributed by atoms with Gasteiger partial charge in [-0.25, -0.2) is 4.68 Å². The van der Waals surface area contributed by atoms with Gasteiger partial charge in [0.05, 0.1) is 15.6 Å². The Labute approximate surface area is 103 Å². The van der Waals surface area contributed by atoms with Crippen molar-refractivity contribution in [1.82, 2.24) is 19.6 Å². The summed E-state index contributed by atoms with van der Waals surface area (Å²) < 4.78 is 2.80. The van der Waals surface area contributed by atoms with E-state index in [4.69, 9.17) is 0 Å². The first-order chi connectivity index (χ1) is 7.99. The fraction of sp³-hybridized carbons (Fsp3) is 0.125. The second kappa shape index (κ2) is 4.09. The number of nitrogens with zero attached hydrogens (tertiary/aromatic N) is 5. The molecule has 0 spiro atoms. The lowest BCUT2D eigenvalue weighted by Gasteiger charge is -1.95. The van der Waals surface area contributed by atoms with Crippen LogP contribution < -0.4 is 0 Å². The quantitative estimate of drug-likeness (QED) is 0.608. The maximum atomic E-state index is 11.9. The van der Waals surface area contributed by atoms with E-state index >= 15 is 0 Å². The Morgan fingerprint density at radius 3 is 2.76 bits per heavy atom. The van der Waals surface area contributed by atoms with Crippen LogP contribution in [0.5, 0.6) is 0 Å². The number of nitro groups is 1. The molecule has 9 heteroatoms. The van der Waals surface area contributed by atoms with E-state index in [1.165, 1.54) is 30.3 Å². The number of aryl methyl sites for hydroxylation is 1. The molecule has 0 aromatic carbocycles. The number of hydrogen-bond acceptors (Lipinski definition) is 5. The van der Waals surface area contributed by atoms with Gasteiger partial charge in [-0.3, -0.25) is 19.6 Å². The van der Waals surface area contributed by atoms with Crippen molar-refractivity contribution in [1.29, 1.82) is 0 Å². The standard InChI is InChI=1S/C8H6BrN5O3/c1-12-4-6(14(16)17)7(11-12)8(15)13-3-5(9)2-10-13/h2-4H,1H3. The van der Waals surface area contributed by atoms with Crippen molar-refractivity contribution in [2.45, 2.75) is 0 Å². The van der Waals surface area contributed by atoms with Gasteiger partial charge in [-0.15, -0.1) is 0 Å². The Bertz CT molecular complexity index is 602. The summed E-state index contributed by atoms with van der Waals surface area (Å²) in [7, 11) is 1.50. The molecular formula is C8H6BrN5O3. The summed E-state index contributed by atoms with van der Waals surface area (Å²) >= 11 is 3.13. The number of rotatable bonds is 2. The fourth-order valence-electron chi connectivity index (χ4n) is 1.28. The van der Waals surface area contributed by atoms with Crippen LogP contribution in [0, 0.1) is 10.1 Å². The van der Waals surface area contributed by atoms with E-state index in [9.17, 15) is 14.9 Å². The van der Waals surface area contributed by atoms with Crippen molar-refractivity contribution in [3.8, 4) is 0 Å². The molecule has 0 radical (unpaired) electrons. The second-order valence-electron chi connectivity index (χ2n) is 3.20. The Kier molecular flexibility index (Phi) is 2.76. The summed E-state index contributed by atoms with van der Waals surface area (Å²) in [4.78, 5) is 22.0.